The highest BCUT2D eigenvalue weighted by Crippen LogP contribution is 2.33. The number of nitrogens with zero attached hydrogens (tertiary/aromatic N) is 3. The van der Waals surface area contributed by atoms with Gasteiger partial charge in [-0.05, 0) is 18.8 Å². The van der Waals surface area contributed by atoms with Gasteiger partial charge in [0.15, 0.2) is 0 Å². The minimum atomic E-state index is -0.0331. The molecule has 1 aliphatic rings. The minimum Gasteiger partial charge on any atom is -0.373 e. The van der Waals surface area contributed by atoms with Crippen molar-refractivity contribution in [1.29, 1.82) is 0 Å². The van der Waals surface area contributed by atoms with E-state index in [2.05, 4.69) is 55.9 Å². The van der Waals surface area contributed by atoms with Gasteiger partial charge in [0, 0.05) is 31.1 Å². The number of rotatable bonds is 5. The highest BCUT2D eigenvalue weighted by atomic mass is 15.2. The standard InChI is InChI=1S/C16H28N4/c1-11(2)10-20(12-7-8-12)14-9-13(17-6)18-15(19-14)16(3,4)5/h9,11-12H,7-8,10H2,1-6H3,(H,17,18,19). The van der Waals surface area contributed by atoms with Crippen molar-refractivity contribution in [3.8, 4) is 0 Å². The summed E-state index contributed by atoms with van der Waals surface area (Å²) >= 11 is 0. The van der Waals surface area contributed by atoms with Crippen LogP contribution >= 0.6 is 0 Å². The summed E-state index contributed by atoms with van der Waals surface area (Å²) < 4.78 is 0. The fraction of sp³-hybridized carbons (Fsp3) is 0.750. The summed E-state index contributed by atoms with van der Waals surface area (Å²) in [5.74, 6) is 3.54. The molecule has 1 aromatic heterocycles. The molecular formula is C16H28N4. The first kappa shape index (κ1) is 15.1. The van der Waals surface area contributed by atoms with Crippen LogP contribution in [0.25, 0.3) is 0 Å². The molecule has 0 aromatic carbocycles. The van der Waals surface area contributed by atoms with Crippen LogP contribution < -0.4 is 10.2 Å². The van der Waals surface area contributed by atoms with E-state index in [0.29, 0.717) is 12.0 Å². The Morgan fingerprint density at radius 1 is 1.30 bits per heavy atom. The van der Waals surface area contributed by atoms with Crippen LogP contribution in [0.1, 0.15) is 53.3 Å². The van der Waals surface area contributed by atoms with Crippen LogP contribution in [0.3, 0.4) is 0 Å². The Balaban J connectivity index is 2.37. The monoisotopic (exact) mass is 276 g/mol. The summed E-state index contributed by atoms with van der Waals surface area (Å²) in [6.45, 7) is 12.1. The maximum Gasteiger partial charge on any atom is 0.138 e. The topological polar surface area (TPSA) is 41.0 Å². The molecule has 1 aromatic rings. The van der Waals surface area contributed by atoms with E-state index >= 15 is 0 Å². The number of anilines is 2. The molecule has 0 unspecified atom stereocenters. The van der Waals surface area contributed by atoms with Gasteiger partial charge in [-0.25, -0.2) is 9.97 Å². The molecule has 2 rings (SSSR count). The molecule has 1 N–H and O–H groups in total. The molecule has 20 heavy (non-hydrogen) atoms. The summed E-state index contributed by atoms with van der Waals surface area (Å²) in [6.07, 6.45) is 2.58. The molecule has 1 fully saturated rings. The molecule has 0 radical (unpaired) electrons. The van der Waals surface area contributed by atoms with E-state index in [-0.39, 0.29) is 5.41 Å². The average molecular weight is 276 g/mol. The van der Waals surface area contributed by atoms with Crippen LogP contribution in [0.15, 0.2) is 6.07 Å². The van der Waals surface area contributed by atoms with Crippen molar-refractivity contribution in [2.75, 3.05) is 23.8 Å². The summed E-state index contributed by atoms with van der Waals surface area (Å²) in [5, 5.41) is 3.17. The van der Waals surface area contributed by atoms with Crippen LogP contribution in [0.4, 0.5) is 11.6 Å². The van der Waals surface area contributed by atoms with Crippen molar-refractivity contribution < 1.29 is 0 Å². The van der Waals surface area contributed by atoms with Gasteiger partial charge in [0.25, 0.3) is 0 Å². The second-order valence-electron chi connectivity index (χ2n) is 7.21. The van der Waals surface area contributed by atoms with Gasteiger partial charge in [0.05, 0.1) is 0 Å². The SMILES string of the molecule is CNc1cc(N(CC(C)C)C2CC2)nc(C(C)(C)C)n1. The summed E-state index contributed by atoms with van der Waals surface area (Å²) in [5.41, 5.74) is -0.0331. The first-order valence-corrected chi connectivity index (χ1v) is 7.65. The molecule has 1 heterocycles. The maximum atomic E-state index is 4.84. The lowest BCUT2D eigenvalue weighted by Gasteiger charge is -2.28. The lowest BCUT2D eigenvalue weighted by molar-refractivity contribution is 0.540. The van der Waals surface area contributed by atoms with E-state index in [1.807, 2.05) is 7.05 Å². The number of hydrogen-bond acceptors (Lipinski definition) is 4. The Hall–Kier alpha value is -1.32. The highest BCUT2D eigenvalue weighted by Gasteiger charge is 2.31. The van der Waals surface area contributed by atoms with E-state index < -0.39 is 0 Å². The second-order valence-corrected chi connectivity index (χ2v) is 7.21. The highest BCUT2D eigenvalue weighted by molar-refractivity contribution is 5.51. The molecular weight excluding hydrogens is 248 g/mol. The van der Waals surface area contributed by atoms with E-state index in [9.17, 15) is 0 Å². The van der Waals surface area contributed by atoms with Gasteiger partial charge < -0.3 is 10.2 Å². The van der Waals surface area contributed by atoms with Crippen molar-refractivity contribution >= 4 is 11.6 Å². The predicted octanol–water partition coefficient (Wildman–Crippen LogP) is 3.44. The predicted molar refractivity (Wildman–Crippen MR) is 85.5 cm³/mol. The van der Waals surface area contributed by atoms with Gasteiger partial charge in [0.1, 0.15) is 17.5 Å². The normalized spacial score (nSPS) is 15.6. The zero-order valence-corrected chi connectivity index (χ0v) is 13.7. The first-order valence-electron chi connectivity index (χ1n) is 7.65. The van der Waals surface area contributed by atoms with Crippen molar-refractivity contribution in [2.24, 2.45) is 5.92 Å². The fourth-order valence-corrected chi connectivity index (χ4v) is 2.25. The molecule has 0 spiro atoms. The third-order valence-electron chi connectivity index (χ3n) is 3.48. The van der Waals surface area contributed by atoms with Crippen LogP contribution in [-0.2, 0) is 5.41 Å². The van der Waals surface area contributed by atoms with Crippen molar-refractivity contribution in [3.63, 3.8) is 0 Å². The Morgan fingerprint density at radius 2 is 1.95 bits per heavy atom. The van der Waals surface area contributed by atoms with Crippen molar-refractivity contribution in [1.82, 2.24) is 9.97 Å². The van der Waals surface area contributed by atoms with Crippen LogP contribution in [0.2, 0.25) is 0 Å². The molecule has 0 aliphatic heterocycles. The number of aromatic nitrogens is 2. The smallest absolute Gasteiger partial charge is 0.138 e. The third-order valence-corrected chi connectivity index (χ3v) is 3.48. The largest absolute Gasteiger partial charge is 0.373 e. The molecule has 112 valence electrons. The van der Waals surface area contributed by atoms with Crippen LogP contribution in [-0.4, -0.2) is 29.6 Å². The molecule has 0 saturated heterocycles. The summed E-state index contributed by atoms with van der Waals surface area (Å²) in [4.78, 5) is 11.9. The number of nitrogens with one attached hydrogen (secondary N) is 1. The van der Waals surface area contributed by atoms with E-state index in [1.165, 1.54) is 12.8 Å². The van der Waals surface area contributed by atoms with E-state index in [4.69, 9.17) is 4.98 Å². The van der Waals surface area contributed by atoms with Gasteiger partial charge in [-0.1, -0.05) is 34.6 Å². The summed E-state index contributed by atoms with van der Waals surface area (Å²) in [6, 6.07) is 2.75. The van der Waals surface area contributed by atoms with E-state index in [0.717, 1.165) is 24.0 Å². The van der Waals surface area contributed by atoms with Crippen molar-refractivity contribution in [3.05, 3.63) is 11.9 Å². The van der Waals surface area contributed by atoms with Crippen LogP contribution in [0.5, 0.6) is 0 Å². The maximum absolute atomic E-state index is 4.84. The molecule has 1 aliphatic carbocycles. The first-order chi connectivity index (χ1) is 9.31. The molecule has 0 amide bonds. The zero-order valence-electron chi connectivity index (χ0n) is 13.7. The zero-order chi connectivity index (χ0) is 14.9. The van der Waals surface area contributed by atoms with Gasteiger partial charge in [0.2, 0.25) is 0 Å². The molecule has 4 heteroatoms. The minimum absolute atomic E-state index is 0.0331. The number of hydrogen-bond donors (Lipinski definition) is 1. The van der Waals surface area contributed by atoms with Crippen molar-refractivity contribution in [2.45, 2.75) is 58.9 Å². The Labute approximate surface area is 123 Å². The molecule has 0 bridgehead atoms. The average Bonchev–Trinajstić information content (AvgIpc) is 3.18. The Kier molecular flexibility index (Phi) is 4.21. The van der Waals surface area contributed by atoms with Gasteiger partial charge in [-0.2, -0.15) is 0 Å². The molecule has 1 saturated carbocycles. The van der Waals surface area contributed by atoms with E-state index in [1.54, 1.807) is 0 Å². The molecule has 4 nitrogen and oxygen atoms in total. The fourth-order valence-electron chi connectivity index (χ4n) is 2.25. The van der Waals surface area contributed by atoms with Crippen LogP contribution in [0, 0.1) is 5.92 Å². The summed E-state index contributed by atoms with van der Waals surface area (Å²) in [7, 11) is 1.92. The van der Waals surface area contributed by atoms with Gasteiger partial charge in [-0.15, -0.1) is 0 Å². The quantitative estimate of drug-likeness (QED) is 0.894. The van der Waals surface area contributed by atoms with Gasteiger partial charge >= 0.3 is 0 Å². The lowest BCUT2D eigenvalue weighted by atomic mass is 9.96. The Morgan fingerprint density at radius 3 is 2.40 bits per heavy atom. The third kappa shape index (κ3) is 3.62. The Bertz CT molecular complexity index is 458. The molecule has 0 atom stereocenters. The second kappa shape index (κ2) is 5.58. The lowest BCUT2D eigenvalue weighted by Crippen LogP contribution is -2.31. The van der Waals surface area contributed by atoms with Gasteiger partial charge in [-0.3, -0.25) is 0 Å².